The van der Waals surface area contributed by atoms with Crippen molar-refractivity contribution in [3.63, 3.8) is 0 Å². The number of aliphatic carboxylic acids is 2. The Hall–Kier alpha value is -8.07. The number of anilines is 5. The van der Waals surface area contributed by atoms with Gasteiger partial charge in [-0.25, -0.2) is 19.2 Å². The number of benzene rings is 3. The number of aromatic nitrogens is 3. The SMILES string of the molecule is C=C(C=C(C=CN=Nc1ccc(Nc2nc(NCCO)nc(Nc3ccc(N=Nc4cc(C(=O)O)cc(C(=O)O)c4)cc3OC)n2)c(OC)c1)C(=O)O)C(=O)O. The Labute approximate surface area is 316 Å². The molecule has 0 unspecified atom stereocenters. The van der Waals surface area contributed by atoms with Gasteiger partial charge in [-0.15, -0.1) is 0 Å². The maximum atomic E-state index is 11.4. The van der Waals surface area contributed by atoms with Gasteiger partial charge in [-0.05, 0) is 54.6 Å². The zero-order valence-electron chi connectivity index (χ0n) is 29.4. The predicted molar refractivity (Wildman–Crippen MR) is 199 cm³/mol. The Bertz CT molecular complexity index is 2260. The molecule has 0 aliphatic carbocycles. The van der Waals surface area contributed by atoms with Crippen molar-refractivity contribution in [3.05, 3.63) is 102 Å². The number of aliphatic hydroxyl groups is 1. The molecule has 1 aromatic heterocycles. The van der Waals surface area contributed by atoms with Crippen LogP contribution in [0, 0.1) is 0 Å². The third-order valence-corrected chi connectivity index (χ3v) is 6.93. The monoisotopic (exact) mass is 768 g/mol. The quantitative estimate of drug-likeness (QED) is 0.0315. The zero-order valence-corrected chi connectivity index (χ0v) is 29.4. The van der Waals surface area contributed by atoms with Crippen molar-refractivity contribution in [1.82, 2.24) is 15.0 Å². The number of hydrogen-bond donors (Lipinski definition) is 8. The van der Waals surface area contributed by atoms with E-state index in [-0.39, 0.29) is 70.6 Å². The number of ether oxygens (including phenoxy) is 2. The first-order valence-electron chi connectivity index (χ1n) is 15.8. The molecule has 0 saturated carbocycles. The van der Waals surface area contributed by atoms with Gasteiger partial charge in [-0.2, -0.15) is 35.4 Å². The number of carboxylic acid groups (broad SMARTS) is 4. The fraction of sp³-hybridized carbons (Fsp3) is 0.114. The summed E-state index contributed by atoms with van der Waals surface area (Å²) in [5, 5.41) is 71.1. The molecule has 0 amide bonds. The van der Waals surface area contributed by atoms with Crippen LogP contribution in [0.3, 0.4) is 0 Å². The molecule has 3 aromatic carbocycles. The van der Waals surface area contributed by atoms with Gasteiger partial charge < -0.3 is 51.0 Å². The van der Waals surface area contributed by atoms with Gasteiger partial charge in [0.2, 0.25) is 17.8 Å². The number of carboxylic acids is 4. The maximum Gasteiger partial charge on any atom is 0.335 e. The number of hydrogen-bond acceptors (Lipinski definition) is 17. The van der Waals surface area contributed by atoms with Crippen molar-refractivity contribution in [2.45, 2.75) is 0 Å². The lowest BCUT2D eigenvalue weighted by molar-refractivity contribution is -0.132. The van der Waals surface area contributed by atoms with E-state index in [0.29, 0.717) is 17.1 Å². The van der Waals surface area contributed by atoms with E-state index in [1.54, 1.807) is 24.3 Å². The van der Waals surface area contributed by atoms with Crippen molar-refractivity contribution in [1.29, 1.82) is 0 Å². The molecule has 288 valence electrons. The largest absolute Gasteiger partial charge is 0.494 e. The molecule has 0 saturated heterocycles. The number of nitrogens with zero attached hydrogens (tertiary/aromatic N) is 7. The molecule has 8 N–H and O–H groups in total. The Morgan fingerprint density at radius 1 is 0.714 bits per heavy atom. The highest BCUT2D eigenvalue weighted by Crippen LogP contribution is 2.34. The Kier molecular flexibility index (Phi) is 13.9. The van der Waals surface area contributed by atoms with Crippen molar-refractivity contribution in [2.24, 2.45) is 20.5 Å². The van der Waals surface area contributed by atoms with Crippen molar-refractivity contribution in [3.8, 4) is 11.5 Å². The molecule has 0 fully saturated rings. The minimum atomic E-state index is -1.39. The molecule has 0 aliphatic heterocycles. The molecule has 0 atom stereocenters. The lowest BCUT2D eigenvalue weighted by atomic mass is 10.1. The van der Waals surface area contributed by atoms with Gasteiger partial charge in [0, 0.05) is 18.7 Å². The second-order valence-electron chi connectivity index (χ2n) is 10.8. The third-order valence-electron chi connectivity index (χ3n) is 6.93. The highest BCUT2D eigenvalue weighted by Gasteiger charge is 2.15. The Balaban J connectivity index is 1.56. The average Bonchev–Trinajstić information content (AvgIpc) is 3.17. The van der Waals surface area contributed by atoms with Gasteiger partial charge in [0.05, 0.1) is 77.7 Å². The maximum absolute atomic E-state index is 11.4. The number of rotatable bonds is 19. The number of aromatic carboxylic acids is 2. The standard InChI is InChI=1S/C35H32N10O11/c1-18(29(47)48)12-19(30(49)50)8-9-37-43-22-4-6-25(27(16-22)55-2)38-34-40-33(36-10-11-46)41-35(42-34)39-26-7-5-23(17-28(26)56-3)44-45-24-14-20(31(51)52)13-21(15-24)32(53)54/h4-9,12-17,46H,1,10-11H2,2-3H3,(H,47,48)(H,49,50)(H,51,52)(H,53,54)(H3,36,38,39,40,41,42). The first-order chi connectivity index (χ1) is 26.8. The zero-order chi connectivity index (χ0) is 40.8. The van der Waals surface area contributed by atoms with Crippen LogP contribution in [0.25, 0.3) is 0 Å². The smallest absolute Gasteiger partial charge is 0.335 e. The van der Waals surface area contributed by atoms with Gasteiger partial charge in [0.1, 0.15) is 11.5 Å². The van der Waals surface area contributed by atoms with Gasteiger partial charge in [-0.3, -0.25) is 0 Å². The summed E-state index contributed by atoms with van der Waals surface area (Å²) in [4.78, 5) is 58.4. The first kappa shape index (κ1) is 40.7. The van der Waals surface area contributed by atoms with Crippen LogP contribution < -0.4 is 25.4 Å². The summed E-state index contributed by atoms with van der Waals surface area (Å²) in [7, 11) is 2.81. The summed E-state index contributed by atoms with van der Waals surface area (Å²) >= 11 is 0. The molecule has 21 nitrogen and oxygen atoms in total. The summed E-state index contributed by atoms with van der Waals surface area (Å²) in [6, 6.07) is 12.7. The second-order valence-corrected chi connectivity index (χ2v) is 10.8. The van der Waals surface area contributed by atoms with Crippen molar-refractivity contribution in [2.75, 3.05) is 43.3 Å². The summed E-state index contributed by atoms with van der Waals surface area (Å²) in [6.07, 6.45) is 3.01. The molecule has 4 rings (SSSR count). The molecule has 4 aromatic rings. The van der Waals surface area contributed by atoms with Crippen LogP contribution in [-0.4, -0.2) is 91.7 Å². The molecule has 0 aliphatic rings. The summed E-state index contributed by atoms with van der Waals surface area (Å²) < 4.78 is 11.0. The number of carbonyl (C=O) groups is 4. The Morgan fingerprint density at radius 3 is 1.71 bits per heavy atom. The lowest BCUT2D eigenvalue weighted by Crippen LogP contribution is -2.12. The minimum absolute atomic E-state index is 0.00652. The number of methoxy groups -OCH3 is 2. The molecular formula is C35H32N10O11. The van der Waals surface area contributed by atoms with Crippen LogP contribution in [0.1, 0.15) is 20.7 Å². The highest BCUT2D eigenvalue weighted by molar-refractivity contribution is 5.96. The van der Waals surface area contributed by atoms with Crippen LogP contribution in [0.15, 0.2) is 111 Å². The lowest BCUT2D eigenvalue weighted by Gasteiger charge is -2.14. The number of azo groups is 2. The minimum Gasteiger partial charge on any atom is -0.494 e. The van der Waals surface area contributed by atoms with Gasteiger partial charge in [0.25, 0.3) is 0 Å². The summed E-state index contributed by atoms with van der Waals surface area (Å²) in [5.74, 6) is -4.68. The van der Waals surface area contributed by atoms with Gasteiger partial charge in [-0.1, -0.05) is 6.58 Å². The van der Waals surface area contributed by atoms with E-state index in [2.05, 4.69) is 57.9 Å². The average molecular weight is 769 g/mol. The van der Waals surface area contributed by atoms with E-state index in [4.69, 9.17) is 14.6 Å². The molecule has 0 bridgehead atoms. The van der Waals surface area contributed by atoms with Crippen LogP contribution in [0.5, 0.6) is 11.5 Å². The van der Waals surface area contributed by atoms with Crippen LogP contribution >= 0.6 is 0 Å². The van der Waals surface area contributed by atoms with Crippen molar-refractivity contribution >= 4 is 70.2 Å². The van der Waals surface area contributed by atoms with E-state index in [1.165, 1.54) is 38.5 Å². The fourth-order valence-corrected chi connectivity index (χ4v) is 4.34. The van der Waals surface area contributed by atoms with Crippen LogP contribution in [0.2, 0.25) is 0 Å². The molecule has 56 heavy (non-hydrogen) atoms. The normalized spacial score (nSPS) is 11.4. The number of nitrogens with one attached hydrogen (secondary N) is 3. The summed E-state index contributed by atoms with van der Waals surface area (Å²) in [6.45, 7) is 3.17. The van der Waals surface area contributed by atoms with Crippen LogP contribution in [-0.2, 0) is 9.59 Å². The second kappa shape index (κ2) is 19.1. The Morgan fingerprint density at radius 2 is 1.23 bits per heavy atom. The summed E-state index contributed by atoms with van der Waals surface area (Å²) in [5.41, 5.74) is 0.0479. The van der Waals surface area contributed by atoms with E-state index in [1.807, 2.05) is 0 Å². The van der Waals surface area contributed by atoms with Gasteiger partial charge in [0.15, 0.2) is 0 Å². The molecule has 1 heterocycles. The van der Waals surface area contributed by atoms with Crippen LogP contribution in [0.4, 0.5) is 46.3 Å². The van der Waals surface area contributed by atoms with E-state index in [9.17, 15) is 39.6 Å². The number of aliphatic hydroxyl groups excluding tert-OH is 1. The fourth-order valence-electron chi connectivity index (χ4n) is 4.34. The molecular weight excluding hydrogens is 736 g/mol. The third kappa shape index (κ3) is 11.5. The molecule has 21 heteroatoms. The highest BCUT2D eigenvalue weighted by atomic mass is 16.5. The first-order valence-corrected chi connectivity index (χ1v) is 15.8. The predicted octanol–water partition coefficient (Wildman–Crippen LogP) is 5.84. The van der Waals surface area contributed by atoms with E-state index < -0.39 is 29.5 Å². The topological polar surface area (TPSA) is 312 Å². The van der Waals surface area contributed by atoms with E-state index in [0.717, 1.165) is 24.4 Å². The van der Waals surface area contributed by atoms with E-state index >= 15 is 0 Å². The van der Waals surface area contributed by atoms with Gasteiger partial charge >= 0.3 is 23.9 Å². The van der Waals surface area contributed by atoms with Crippen molar-refractivity contribution < 1.29 is 54.2 Å². The molecule has 0 radical (unpaired) electrons. The molecule has 0 spiro atoms.